The summed E-state index contributed by atoms with van der Waals surface area (Å²) in [5.41, 5.74) is 9.35. The molecule has 1 atom stereocenters. The highest BCUT2D eigenvalue weighted by Gasteiger charge is 2.14. The number of hydrogen-bond donors (Lipinski definition) is 2. The topological polar surface area (TPSA) is 63.8 Å². The third kappa shape index (κ3) is 2.84. The second-order valence-electron chi connectivity index (χ2n) is 4.39. The van der Waals surface area contributed by atoms with Crippen molar-refractivity contribution in [2.24, 2.45) is 0 Å². The van der Waals surface area contributed by atoms with Gasteiger partial charge >= 0.3 is 0 Å². The van der Waals surface area contributed by atoms with Crippen LogP contribution in [0, 0.1) is 6.92 Å². The zero-order chi connectivity index (χ0) is 13.0. The summed E-state index contributed by atoms with van der Waals surface area (Å²) in [5.74, 6) is 0.592. The van der Waals surface area contributed by atoms with Crippen LogP contribution >= 0.6 is 0 Å². The van der Waals surface area contributed by atoms with Gasteiger partial charge in [-0.2, -0.15) is 0 Å². The molecule has 18 heavy (non-hydrogen) atoms. The fraction of sp³-hybridized carbons (Fsp3) is 0.286. The van der Waals surface area contributed by atoms with Gasteiger partial charge in [0.2, 0.25) is 0 Å². The van der Waals surface area contributed by atoms with Crippen molar-refractivity contribution < 1.29 is 0 Å². The van der Waals surface area contributed by atoms with E-state index in [2.05, 4.69) is 21.4 Å². The number of hydrogen-bond acceptors (Lipinski definition) is 4. The fourth-order valence-corrected chi connectivity index (χ4v) is 2.00. The highest BCUT2D eigenvalue weighted by atomic mass is 14.9. The Morgan fingerprint density at radius 2 is 2.06 bits per heavy atom. The maximum atomic E-state index is 5.96. The molecule has 0 saturated heterocycles. The van der Waals surface area contributed by atoms with Crippen LogP contribution in [0.15, 0.2) is 36.8 Å². The third-order valence-electron chi connectivity index (χ3n) is 3.00. The van der Waals surface area contributed by atoms with Gasteiger partial charge in [-0.05, 0) is 49.7 Å². The molecule has 0 saturated carbocycles. The van der Waals surface area contributed by atoms with E-state index in [1.54, 1.807) is 18.6 Å². The zero-order valence-electron chi connectivity index (χ0n) is 10.7. The van der Waals surface area contributed by atoms with E-state index in [9.17, 15) is 0 Å². The molecule has 3 N–H and O–H groups in total. The molecular weight excluding hydrogens is 224 g/mol. The summed E-state index contributed by atoms with van der Waals surface area (Å²) >= 11 is 0. The molecule has 0 aliphatic heterocycles. The van der Waals surface area contributed by atoms with E-state index < -0.39 is 0 Å². The predicted molar refractivity (Wildman–Crippen MR) is 73.1 cm³/mol. The molecule has 4 nitrogen and oxygen atoms in total. The molecule has 1 unspecified atom stereocenters. The number of aromatic nitrogens is 2. The standard InChI is InChI=1S/C14H18N4/c1-10-7-12(14(15)18-9-10)13(16-2)8-11-3-5-17-6-4-11/h3-7,9,13,16H,8H2,1-2H3,(H2,15,18). The van der Waals surface area contributed by atoms with Crippen LogP contribution in [0.3, 0.4) is 0 Å². The van der Waals surface area contributed by atoms with Gasteiger partial charge in [0, 0.05) is 30.2 Å². The zero-order valence-corrected chi connectivity index (χ0v) is 10.7. The van der Waals surface area contributed by atoms with Crippen molar-refractivity contribution in [1.82, 2.24) is 15.3 Å². The van der Waals surface area contributed by atoms with Crippen LogP contribution in [0.25, 0.3) is 0 Å². The monoisotopic (exact) mass is 242 g/mol. The first-order valence-corrected chi connectivity index (χ1v) is 5.99. The van der Waals surface area contributed by atoms with E-state index in [4.69, 9.17) is 5.73 Å². The Labute approximate surface area is 107 Å². The maximum absolute atomic E-state index is 5.96. The summed E-state index contributed by atoms with van der Waals surface area (Å²) in [6.07, 6.45) is 6.27. The minimum atomic E-state index is 0.166. The van der Waals surface area contributed by atoms with E-state index in [-0.39, 0.29) is 6.04 Å². The van der Waals surface area contributed by atoms with Gasteiger partial charge in [-0.25, -0.2) is 4.98 Å². The lowest BCUT2D eigenvalue weighted by Crippen LogP contribution is -2.20. The van der Waals surface area contributed by atoms with E-state index in [0.717, 1.165) is 17.5 Å². The molecule has 0 aromatic carbocycles. The first kappa shape index (κ1) is 12.5. The smallest absolute Gasteiger partial charge is 0.128 e. The summed E-state index contributed by atoms with van der Waals surface area (Å²) < 4.78 is 0. The molecule has 0 radical (unpaired) electrons. The SMILES string of the molecule is CNC(Cc1ccncc1)c1cc(C)cnc1N. The number of anilines is 1. The normalized spacial score (nSPS) is 12.3. The number of nitrogens with two attached hydrogens (primary N) is 1. The Hall–Kier alpha value is -1.94. The minimum absolute atomic E-state index is 0.166. The number of rotatable bonds is 4. The molecule has 0 amide bonds. The highest BCUT2D eigenvalue weighted by molar-refractivity contribution is 5.43. The lowest BCUT2D eigenvalue weighted by atomic mass is 9.99. The van der Waals surface area contributed by atoms with Gasteiger partial charge in [0.05, 0.1) is 0 Å². The van der Waals surface area contributed by atoms with Gasteiger partial charge in [-0.3, -0.25) is 4.98 Å². The number of pyridine rings is 2. The van der Waals surface area contributed by atoms with Crippen molar-refractivity contribution in [3.63, 3.8) is 0 Å². The summed E-state index contributed by atoms with van der Waals surface area (Å²) in [4.78, 5) is 8.24. The van der Waals surface area contributed by atoms with Crippen LogP contribution in [0.5, 0.6) is 0 Å². The molecule has 2 rings (SSSR count). The summed E-state index contributed by atoms with van der Waals surface area (Å²) in [6, 6.07) is 6.29. The number of aryl methyl sites for hydroxylation is 1. The van der Waals surface area contributed by atoms with Crippen LogP contribution in [-0.4, -0.2) is 17.0 Å². The van der Waals surface area contributed by atoms with Gasteiger partial charge in [-0.1, -0.05) is 0 Å². The average molecular weight is 242 g/mol. The summed E-state index contributed by atoms with van der Waals surface area (Å²) in [6.45, 7) is 2.02. The molecule has 0 bridgehead atoms. The molecule has 0 aliphatic carbocycles. The Kier molecular flexibility index (Phi) is 3.89. The second kappa shape index (κ2) is 5.60. The molecule has 0 spiro atoms. The van der Waals surface area contributed by atoms with Crippen molar-refractivity contribution in [2.45, 2.75) is 19.4 Å². The first-order valence-electron chi connectivity index (χ1n) is 5.99. The van der Waals surface area contributed by atoms with Crippen LogP contribution in [-0.2, 0) is 6.42 Å². The van der Waals surface area contributed by atoms with Crippen molar-refractivity contribution in [1.29, 1.82) is 0 Å². The molecule has 4 heteroatoms. The molecular formula is C14H18N4. The highest BCUT2D eigenvalue weighted by Crippen LogP contribution is 2.22. The largest absolute Gasteiger partial charge is 0.383 e. The van der Waals surface area contributed by atoms with E-state index in [1.165, 1.54) is 5.56 Å². The van der Waals surface area contributed by atoms with Gasteiger partial charge in [0.25, 0.3) is 0 Å². The van der Waals surface area contributed by atoms with Gasteiger partial charge in [-0.15, -0.1) is 0 Å². The number of nitrogens with zero attached hydrogens (tertiary/aromatic N) is 2. The van der Waals surface area contributed by atoms with E-state index >= 15 is 0 Å². The molecule has 94 valence electrons. The second-order valence-corrected chi connectivity index (χ2v) is 4.39. The van der Waals surface area contributed by atoms with Crippen LogP contribution in [0.4, 0.5) is 5.82 Å². The van der Waals surface area contributed by atoms with E-state index in [1.807, 2.05) is 26.1 Å². The van der Waals surface area contributed by atoms with Crippen LogP contribution in [0.2, 0.25) is 0 Å². The van der Waals surface area contributed by atoms with Crippen molar-refractivity contribution in [3.05, 3.63) is 53.5 Å². The summed E-state index contributed by atoms with van der Waals surface area (Å²) in [5, 5.41) is 3.29. The molecule has 2 aromatic heterocycles. The molecule has 2 aromatic rings. The van der Waals surface area contributed by atoms with Gasteiger partial charge in [0.15, 0.2) is 0 Å². The molecule has 2 heterocycles. The Balaban J connectivity index is 2.26. The lowest BCUT2D eigenvalue weighted by molar-refractivity contribution is 0.591. The lowest BCUT2D eigenvalue weighted by Gasteiger charge is -2.18. The minimum Gasteiger partial charge on any atom is -0.383 e. The third-order valence-corrected chi connectivity index (χ3v) is 3.00. The van der Waals surface area contributed by atoms with Crippen LogP contribution < -0.4 is 11.1 Å². The molecule has 0 fully saturated rings. The number of nitrogens with one attached hydrogen (secondary N) is 1. The fourth-order valence-electron chi connectivity index (χ4n) is 2.00. The Morgan fingerprint density at radius 3 is 2.72 bits per heavy atom. The van der Waals surface area contributed by atoms with Crippen molar-refractivity contribution in [2.75, 3.05) is 12.8 Å². The van der Waals surface area contributed by atoms with Gasteiger partial charge < -0.3 is 11.1 Å². The number of nitrogen functional groups attached to an aromatic ring is 1. The Morgan fingerprint density at radius 1 is 1.33 bits per heavy atom. The summed E-state index contributed by atoms with van der Waals surface area (Å²) in [7, 11) is 1.94. The maximum Gasteiger partial charge on any atom is 0.128 e. The predicted octanol–water partition coefficient (Wildman–Crippen LogP) is 1.87. The van der Waals surface area contributed by atoms with Gasteiger partial charge in [0.1, 0.15) is 5.82 Å². The quantitative estimate of drug-likeness (QED) is 0.859. The first-order chi connectivity index (χ1) is 8.70. The Bertz CT molecular complexity index is 510. The average Bonchev–Trinajstić information content (AvgIpc) is 2.40. The van der Waals surface area contributed by atoms with Crippen molar-refractivity contribution >= 4 is 5.82 Å². The number of likely N-dealkylation sites (N-methyl/N-ethyl adjacent to an activating group) is 1. The van der Waals surface area contributed by atoms with Crippen LogP contribution in [0.1, 0.15) is 22.7 Å². The molecule has 0 aliphatic rings. The van der Waals surface area contributed by atoms with E-state index in [0.29, 0.717) is 5.82 Å². The van der Waals surface area contributed by atoms with Crippen molar-refractivity contribution in [3.8, 4) is 0 Å².